The number of pyridine rings is 1. The molecule has 0 atom stereocenters. The molecule has 0 radical (unpaired) electrons. The third kappa shape index (κ3) is 3.52. The normalized spacial score (nSPS) is 13.1. The summed E-state index contributed by atoms with van der Waals surface area (Å²) in [5, 5.41) is 2.14. The molecule has 0 saturated heterocycles. The number of rotatable bonds is 4. The molecule has 0 aliphatic heterocycles. The average Bonchev–Trinajstić information content (AvgIpc) is 3.09. The molecule has 2 heterocycles. The van der Waals surface area contributed by atoms with E-state index < -0.39 is 0 Å². The Hall–Kier alpha value is -3.46. The molecular formula is C26H24N2O. The summed E-state index contributed by atoms with van der Waals surface area (Å²) in [4.78, 5) is 8.50. The molecule has 0 amide bonds. The summed E-state index contributed by atoms with van der Waals surface area (Å²) < 4.78 is 6.23. The number of aliphatic imine (C=N–C) groups is 1. The third-order valence-electron chi connectivity index (χ3n) is 5.23. The molecule has 0 N–H and O–H groups in total. The molecule has 2 aromatic heterocycles. The number of benzene rings is 2. The van der Waals surface area contributed by atoms with Gasteiger partial charge in [-0.2, -0.15) is 0 Å². The molecule has 0 saturated carbocycles. The summed E-state index contributed by atoms with van der Waals surface area (Å²) in [6, 6.07) is 16.9. The van der Waals surface area contributed by atoms with Gasteiger partial charge in [-0.15, -0.1) is 0 Å². The standard InChI is InChI=1S/C26H24N2O/c1-17-8-5-9-20(16-17)21(10-6-14-27-4)19(3)24-18(2)12-13-22-23-11-7-15-28-26(23)29-25(22)24/h5-16H,1-4H3/b10-6-,21-19-,27-14?. The Morgan fingerprint density at radius 3 is 2.69 bits per heavy atom. The van der Waals surface area contributed by atoms with Crippen molar-refractivity contribution in [3.05, 3.63) is 89.1 Å². The maximum absolute atomic E-state index is 6.23. The van der Waals surface area contributed by atoms with E-state index in [0.717, 1.165) is 27.5 Å². The van der Waals surface area contributed by atoms with Gasteiger partial charge in [-0.05, 0) is 61.3 Å². The zero-order valence-corrected chi connectivity index (χ0v) is 17.2. The average molecular weight is 380 g/mol. The second-order valence-corrected chi connectivity index (χ2v) is 7.27. The molecule has 3 nitrogen and oxygen atoms in total. The Bertz CT molecular complexity index is 1290. The minimum absolute atomic E-state index is 0.674. The van der Waals surface area contributed by atoms with Gasteiger partial charge < -0.3 is 4.42 Å². The Balaban J connectivity index is 2.04. The molecule has 0 unspecified atom stereocenters. The van der Waals surface area contributed by atoms with Crippen LogP contribution in [0.5, 0.6) is 0 Å². The van der Waals surface area contributed by atoms with Crippen LogP contribution in [0.15, 0.2) is 76.3 Å². The van der Waals surface area contributed by atoms with E-state index in [1.54, 1.807) is 13.2 Å². The zero-order valence-electron chi connectivity index (χ0n) is 17.2. The lowest BCUT2D eigenvalue weighted by Crippen LogP contribution is -1.92. The first kappa shape index (κ1) is 18.9. The Labute approximate surface area is 171 Å². The van der Waals surface area contributed by atoms with E-state index in [0.29, 0.717) is 5.71 Å². The van der Waals surface area contributed by atoms with Crippen molar-refractivity contribution < 1.29 is 4.42 Å². The number of aromatic nitrogens is 1. The van der Waals surface area contributed by atoms with Gasteiger partial charge in [0.1, 0.15) is 5.58 Å². The van der Waals surface area contributed by atoms with Crippen molar-refractivity contribution in [3.63, 3.8) is 0 Å². The number of hydrogen-bond donors (Lipinski definition) is 0. The summed E-state index contributed by atoms with van der Waals surface area (Å²) in [7, 11) is 1.78. The highest BCUT2D eigenvalue weighted by Crippen LogP contribution is 2.38. The topological polar surface area (TPSA) is 38.4 Å². The van der Waals surface area contributed by atoms with Crippen molar-refractivity contribution in [2.75, 3.05) is 7.05 Å². The molecule has 29 heavy (non-hydrogen) atoms. The Morgan fingerprint density at radius 2 is 1.90 bits per heavy atom. The quantitative estimate of drug-likeness (QED) is 0.222. The molecule has 4 aromatic rings. The van der Waals surface area contributed by atoms with Crippen molar-refractivity contribution in [1.29, 1.82) is 0 Å². The molecule has 3 heteroatoms. The largest absolute Gasteiger partial charge is 0.437 e. The fraction of sp³-hybridized carbons (Fsp3) is 0.154. The minimum Gasteiger partial charge on any atom is -0.437 e. The molecule has 0 spiro atoms. The SMILES string of the molecule is CN=C/C=C\C(=C(/C)c1c(C)ccc2c1oc1ncccc12)c1cccc(C)c1. The summed E-state index contributed by atoms with van der Waals surface area (Å²) in [6.07, 6.45) is 7.68. The summed E-state index contributed by atoms with van der Waals surface area (Å²) in [5.74, 6) is 0. The smallest absolute Gasteiger partial charge is 0.227 e. The summed E-state index contributed by atoms with van der Waals surface area (Å²) in [5.41, 5.74) is 8.58. The van der Waals surface area contributed by atoms with Crippen LogP contribution in [0, 0.1) is 13.8 Å². The lowest BCUT2D eigenvalue weighted by molar-refractivity contribution is 0.652. The number of hydrogen-bond acceptors (Lipinski definition) is 3. The maximum atomic E-state index is 6.23. The second-order valence-electron chi connectivity index (χ2n) is 7.27. The predicted molar refractivity (Wildman–Crippen MR) is 123 cm³/mol. The fourth-order valence-corrected chi connectivity index (χ4v) is 3.85. The van der Waals surface area contributed by atoms with Gasteiger partial charge in [0.2, 0.25) is 5.71 Å². The van der Waals surface area contributed by atoms with Gasteiger partial charge in [-0.1, -0.05) is 48.0 Å². The van der Waals surface area contributed by atoms with E-state index in [-0.39, 0.29) is 0 Å². The molecule has 144 valence electrons. The third-order valence-corrected chi connectivity index (χ3v) is 5.23. The molecule has 4 rings (SSSR count). The molecular weight excluding hydrogens is 356 g/mol. The fourth-order valence-electron chi connectivity index (χ4n) is 3.85. The van der Waals surface area contributed by atoms with Gasteiger partial charge in [0.25, 0.3) is 0 Å². The minimum atomic E-state index is 0.674. The first-order valence-corrected chi connectivity index (χ1v) is 9.74. The molecule has 0 aliphatic carbocycles. The van der Waals surface area contributed by atoms with Gasteiger partial charge in [-0.25, -0.2) is 4.98 Å². The van der Waals surface area contributed by atoms with E-state index in [1.807, 2.05) is 18.4 Å². The first-order chi connectivity index (χ1) is 14.1. The lowest BCUT2D eigenvalue weighted by Gasteiger charge is -2.13. The van der Waals surface area contributed by atoms with Crippen LogP contribution in [-0.4, -0.2) is 18.2 Å². The maximum Gasteiger partial charge on any atom is 0.227 e. The van der Waals surface area contributed by atoms with E-state index >= 15 is 0 Å². The number of aryl methyl sites for hydroxylation is 2. The highest BCUT2D eigenvalue weighted by molar-refractivity contribution is 6.10. The summed E-state index contributed by atoms with van der Waals surface area (Å²) in [6.45, 7) is 6.40. The van der Waals surface area contributed by atoms with Crippen LogP contribution in [-0.2, 0) is 0 Å². The van der Waals surface area contributed by atoms with Crippen LogP contribution in [0.25, 0.3) is 33.2 Å². The number of allylic oxidation sites excluding steroid dienone is 4. The second kappa shape index (κ2) is 7.88. The first-order valence-electron chi connectivity index (χ1n) is 9.74. The van der Waals surface area contributed by atoms with Crippen LogP contribution in [0.4, 0.5) is 0 Å². The highest BCUT2D eigenvalue weighted by Gasteiger charge is 2.17. The summed E-state index contributed by atoms with van der Waals surface area (Å²) >= 11 is 0. The van der Waals surface area contributed by atoms with Crippen molar-refractivity contribution >= 4 is 39.4 Å². The number of nitrogens with zero attached hydrogens (tertiary/aromatic N) is 2. The molecule has 0 bridgehead atoms. The van der Waals surface area contributed by atoms with Gasteiger partial charge >= 0.3 is 0 Å². The highest BCUT2D eigenvalue weighted by atomic mass is 16.3. The molecule has 0 fully saturated rings. The van der Waals surface area contributed by atoms with Crippen LogP contribution in [0.2, 0.25) is 0 Å². The zero-order chi connectivity index (χ0) is 20.4. The van der Waals surface area contributed by atoms with Gasteiger partial charge in [0.05, 0.1) is 0 Å². The van der Waals surface area contributed by atoms with Gasteiger partial charge in [0.15, 0.2) is 0 Å². The monoisotopic (exact) mass is 380 g/mol. The van der Waals surface area contributed by atoms with E-state index in [4.69, 9.17) is 4.42 Å². The van der Waals surface area contributed by atoms with Crippen molar-refractivity contribution in [2.24, 2.45) is 4.99 Å². The van der Waals surface area contributed by atoms with E-state index in [1.165, 1.54) is 22.3 Å². The Morgan fingerprint density at radius 1 is 1.03 bits per heavy atom. The van der Waals surface area contributed by atoms with E-state index in [2.05, 4.69) is 79.3 Å². The van der Waals surface area contributed by atoms with Gasteiger partial charge in [-0.3, -0.25) is 4.99 Å². The van der Waals surface area contributed by atoms with Crippen molar-refractivity contribution in [1.82, 2.24) is 4.98 Å². The molecule has 2 aromatic carbocycles. The Kier molecular flexibility index (Phi) is 5.13. The van der Waals surface area contributed by atoms with E-state index in [9.17, 15) is 0 Å². The predicted octanol–water partition coefficient (Wildman–Crippen LogP) is 6.79. The van der Waals surface area contributed by atoms with Crippen molar-refractivity contribution in [2.45, 2.75) is 20.8 Å². The van der Waals surface area contributed by atoms with Crippen LogP contribution < -0.4 is 0 Å². The lowest BCUT2D eigenvalue weighted by atomic mass is 9.91. The number of fused-ring (bicyclic) bond motifs is 3. The van der Waals surface area contributed by atoms with Crippen molar-refractivity contribution in [3.8, 4) is 0 Å². The number of furan rings is 1. The van der Waals surface area contributed by atoms with Gasteiger partial charge in [0, 0.05) is 35.8 Å². The molecule has 0 aliphatic rings. The van der Waals surface area contributed by atoms with Crippen LogP contribution in [0.1, 0.15) is 29.2 Å². The van der Waals surface area contributed by atoms with Crippen LogP contribution in [0.3, 0.4) is 0 Å². The van der Waals surface area contributed by atoms with Crippen LogP contribution >= 0.6 is 0 Å².